The predicted molar refractivity (Wildman–Crippen MR) is 279 cm³/mol. The number of terminal acetylenes is 1. The number of rotatable bonds is 13. The van der Waals surface area contributed by atoms with E-state index in [1.165, 1.54) is 31.8 Å². The van der Waals surface area contributed by atoms with E-state index >= 15 is 4.57 Å². The van der Waals surface area contributed by atoms with Crippen molar-refractivity contribution in [3.63, 3.8) is 0 Å². The summed E-state index contributed by atoms with van der Waals surface area (Å²) in [5, 5.41) is 9.20. The van der Waals surface area contributed by atoms with Crippen molar-refractivity contribution in [1.82, 2.24) is 15.0 Å². The third kappa shape index (κ3) is 9.52. The summed E-state index contributed by atoms with van der Waals surface area (Å²) in [4.78, 5) is 15.8. The highest BCUT2D eigenvalue weighted by atomic mass is 31.2. The van der Waals surface area contributed by atoms with Gasteiger partial charge in [0.2, 0.25) is 0 Å². The molecular formula is C58H46N3OP3. The summed E-state index contributed by atoms with van der Waals surface area (Å²) < 4.78 is 15.6. The van der Waals surface area contributed by atoms with E-state index in [0.717, 1.165) is 24.0 Å². The largest absolute Gasteiger partial charge is 0.308 e. The van der Waals surface area contributed by atoms with Gasteiger partial charge in [-0.25, -0.2) is 15.0 Å². The molecule has 7 heteroatoms. The van der Waals surface area contributed by atoms with Gasteiger partial charge in [0.1, 0.15) is 0 Å². The van der Waals surface area contributed by atoms with Crippen molar-refractivity contribution < 1.29 is 4.57 Å². The number of hydrogen-bond acceptors (Lipinski definition) is 4. The Labute approximate surface area is 385 Å². The normalized spacial score (nSPS) is 14.1. The van der Waals surface area contributed by atoms with Gasteiger partial charge in [-0.1, -0.05) is 212 Å². The second kappa shape index (κ2) is 20.3. The molecule has 2 atom stereocenters. The van der Waals surface area contributed by atoms with Crippen molar-refractivity contribution in [2.24, 2.45) is 0 Å². The fourth-order valence-electron chi connectivity index (χ4n) is 8.06. The Bertz CT molecular complexity index is 3120. The van der Waals surface area contributed by atoms with Gasteiger partial charge in [-0.05, 0) is 91.7 Å². The summed E-state index contributed by atoms with van der Waals surface area (Å²) in [6.45, 7) is 1.91. The number of allylic oxidation sites excluding steroid dienone is 8. The van der Waals surface area contributed by atoms with Crippen LogP contribution < -0.4 is 37.1 Å². The molecule has 0 saturated heterocycles. The predicted octanol–water partition coefficient (Wildman–Crippen LogP) is 11.7. The number of benzene rings is 7. The number of aromatic nitrogens is 3. The van der Waals surface area contributed by atoms with E-state index in [1.807, 2.05) is 73.7 Å². The molecule has 0 bridgehead atoms. The Morgan fingerprint density at radius 2 is 0.985 bits per heavy atom. The molecule has 4 nitrogen and oxygen atoms in total. The molecule has 2 unspecified atom stereocenters. The first kappa shape index (κ1) is 43.4. The maximum atomic E-state index is 15.6. The lowest BCUT2D eigenvalue weighted by Crippen LogP contribution is -2.20. The quantitative estimate of drug-likeness (QED) is 0.0657. The maximum absolute atomic E-state index is 15.6. The molecule has 314 valence electrons. The van der Waals surface area contributed by atoms with Gasteiger partial charge in [0.25, 0.3) is 0 Å². The maximum Gasteiger partial charge on any atom is 0.179 e. The van der Waals surface area contributed by atoms with Gasteiger partial charge in [0, 0.05) is 27.3 Å². The van der Waals surface area contributed by atoms with Crippen LogP contribution in [-0.4, -0.2) is 15.0 Å². The Morgan fingerprint density at radius 1 is 0.538 bits per heavy atom. The third-order valence-electron chi connectivity index (χ3n) is 11.2. The second-order valence-electron chi connectivity index (χ2n) is 15.4. The average molecular weight is 894 g/mol. The van der Waals surface area contributed by atoms with Gasteiger partial charge < -0.3 is 4.57 Å². The van der Waals surface area contributed by atoms with Crippen molar-refractivity contribution in [2.75, 3.05) is 0 Å². The van der Waals surface area contributed by atoms with Crippen LogP contribution in [0.25, 0.3) is 34.2 Å². The molecule has 0 saturated carbocycles. The van der Waals surface area contributed by atoms with Crippen molar-refractivity contribution in [3.8, 4) is 46.5 Å². The summed E-state index contributed by atoms with van der Waals surface area (Å²) in [6, 6.07) is 66.6. The smallest absolute Gasteiger partial charge is 0.179 e. The first-order chi connectivity index (χ1) is 32.0. The summed E-state index contributed by atoms with van der Waals surface area (Å²) in [6.07, 6.45) is 20.7. The van der Waals surface area contributed by atoms with Crippen LogP contribution in [-0.2, 0) is 4.57 Å². The minimum Gasteiger partial charge on any atom is -0.308 e. The van der Waals surface area contributed by atoms with Gasteiger partial charge >= 0.3 is 0 Å². The summed E-state index contributed by atoms with van der Waals surface area (Å²) in [5.74, 6) is 4.35. The zero-order chi connectivity index (χ0) is 44.4. The van der Waals surface area contributed by atoms with Gasteiger partial charge in [-0.3, -0.25) is 0 Å². The zero-order valence-electron chi connectivity index (χ0n) is 36.0. The Balaban J connectivity index is 1.23. The molecule has 0 radical (unpaired) electrons. The average Bonchev–Trinajstić information content (AvgIpc) is 3.38. The van der Waals surface area contributed by atoms with E-state index in [4.69, 9.17) is 21.4 Å². The number of hydrogen-bond donors (Lipinski definition) is 0. The summed E-state index contributed by atoms with van der Waals surface area (Å²) >= 11 is 0. The summed E-state index contributed by atoms with van der Waals surface area (Å²) in [7, 11) is -5.22. The van der Waals surface area contributed by atoms with E-state index in [9.17, 15) is 0 Å². The van der Waals surface area contributed by atoms with Gasteiger partial charge in [-0.2, -0.15) is 0 Å². The molecule has 0 fully saturated rings. The molecule has 1 aromatic heterocycles. The standard InChI is InChI=1S/C58H46N3OP3/c1-3-5-37-53(4-2)65(62,54-38-19-10-20-39-54)55-40-23-26-46(43-55)58-60-56(44-24-21-35-51(41-44)63(47-27-11-6-12-28-47)48-29-13-7-14-30-48)59-57(61-58)45-25-22-36-52(42-45)64(49-31-15-8-16-32-49)50-33-17-9-18-34-50/h2-3,5-8,10-17,19-43H,9,18H2,1H3/b5-3-,53-37+. The Kier molecular flexibility index (Phi) is 13.6. The molecule has 1 heterocycles. The Hall–Kier alpha value is -6.84. The van der Waals surface area contributed by atoms with Gasteiger partial charge in [0.15, 0.2) is 24.6 Å². The lowest BCUT2D eigenvalue weighted by atomic mass is 10.1. The highest BCUT2D eigenvalue weighted by Gasteiger charge is 2.32. The molecule has 0 aliphatic heterocycles. The molecule has 8 aromatic rings. The molecule has 0 spiro atoms. The minimum atomic E-state index is -3.49. The Morgan fingerprint density at radius 3 is 1.48 bits per heavy atom. The molecule has 9 rings (SSSR count). The fraction of sp³-hybridized carbons (Fsp3) is 0.0517. The molecule has 1 aliphatic rings. The van der Waals surface area contributed by atoms with Crippen molar-refractivity contribution in [1.29, 1.82) is 0 Å². The van der Waals surface area contributed by atoms with Crippen molar-refractivity contribution in [3.05, 3.63) is 241 Å². The SMILES string of the molecule is C#C/C(=C\C=C/C)P(=O)(c1ccccc1)c1cccc(-c2nc(-c3cccc(P(C4=CCCC=C4)c4ccccc4)c3)nc(-c3cccc(P(c4ccccc4)c4ccccc4)c3)n2)c1. The van der Waals surface area contributed by atoms with Crippen LogP contribution in [0.2, 0.25) is 0 Å². The van der Waals surface area contributed by atoms with Crippen LogP contribution in [0.15, 0.2) is 241 Å². The number of nitrogens with zero attached hydrogens (tertiary/aromatic N) is 3. The lowest BCUT2D eigenvalue weighted by molar-refractivity contribution is 0.591. The fourth-order valence-corrected chi connectivity index (χ4v) is 15.4. The van der Waals surface area contributed by atoms with E-state index in [0.29, 0.717) is 39.0 Å². The van der Waals surface area contributed by atoms with Crippen LogP contribution in [0.5, 0.6) is 0 Å². The zero-order valence-corrected chi connectivity index (χ0v) is 38.7. The van der Waals surface area contributed by atoms with E-state index < -0.39 is 23.0 Å². The van der Waals surface area contributed by atoms with E-state index in [-0.39, 0.29) is 0 Å². The monoisotopic (exact) mass is 893 g/mol. The first-order valence-corrected chi connectivity index (χ1v) is 26.1. The van der Waals surface area contributed by atoms with Gasteiger partial charge in [0.05, 0.1) is 5.31 Å². The third-order valence-corrected chi connectivity index (χ3v) is 19.0. The van der Waals surface area contributed by atoms with Gasteiger partial charge in [-0.15, -0.1) is 6.42 Å². The topological polar surface area (TPSA) is 55.7 Å². The van der Waals surface area contributed by atoms with Crippen molar-refractivity contribution in [2.45, 2.75) is 19.8 Å². The highest BCUT2D eigenvalue weighted by Crippen LogP contribution is 2.52. The lowest BCUT2D eigenvalue weighted by Gasteiger charge is -2.22. The molecule has 65 heavy (non-hydrogen) atoms. The van der Waals surface area contributed by atoms with Crippen LogP contribution in [0.1, 0.15) is 19.8 Å². The molecule has 0 amide bonds. The molecule has 0 N–H and O–H groups in total. The van der Waals surface area contributed by atoms with Crippen LogP contribution in [0.3, 0.4) is 0 Å². The molecular weight excluding hydrogens is 848 g/mol. The molecule has 1 aliphatic carbocycles. The van der Waals surface area contributed by atoms with Crippen LogP contribution in [0.4, 0.5) is 0 Å². The first-order valence-electron chi connectivity index (χ1n) is 21.7. The van der Waals surface area contributed by atoms with Crippen LogP contribution >= 0.6 is 23.0 Å². The van der Waals surface area contributed by atoms with E-state index in [2.05, 4.69) is 164 Å². The summed E-state index contributed by atoms with van der Waals surface area (Å²) in [5.41, 5.74) is 2.47. The van der Waals surface area contributed by atoms with E-state index in [1.54, 1.807) is 6.08 Å². The molecule has 7 aromatic carbocycles. The highest BCUT2D eigenvalue weighted by molar-refractivity contribution is 7.82. The second-order valence-corrected chi connectivity index (χ2v) is 22.6. The van der Waals surface area contributed by atoms with Crippen LogP contribution in [0, 0.1) is 12.3 Å². The van der Waals surface area contributed by atoms with Crippen molar-refractivity contribution >= 4 is 60.1 Å². The minimum absolute atomic E-state index is 0.413.